The van der Waals surface area contributed by atoms with E-state index in [-0.39, 0.29) is 12.1 Å². The molecular formula is C17H20ClNO. The average Bonchev–Trinajstić information content (AvgIpc) is 2.41. The zero-order valence-corrected chi connectivity index (χ0v) is 12.8. The van der Waals surface area contributed by atoms with Crippen LogP contribution in [0.3, 0.4) is 0 Å². The number of phenols is 1. The summed E-state index contributed by atoms with van der Waals surface area (Å²) in [4.78, 5) is 0. The molecular weight excluding hydrogens is 270 g/mol. The van der Waals surface area contributed by atoms with Crippen LogP contribution in [0, 0.1) is 6.92 Å². The van der Waals surface area contributed by atoms with Gasteiger partial charge >= 0.3 is 0 Å². The van der Waals surface area contributed by atoms with Gasteiger partial charge in [-0.2, -0.15) is 0 Å². The number of nitrogens with one attached hydrogen (secondary N) is 1. The van der Waals surface area contributed by atoms with Crippen LogP contribution in [0.1, 0.15) is 42.6 Å². The standard InChI is InChI=1S/C17H20ClNO/c1-11-7-8-17(20)16(9-11)13(3)19-12(2)14-5-4-6-15(18)10-14/h4-10,12-13,19-20H,1-3H3. The fourth-order valence-corrected chi connectivity index (χ4v) is 2.56. The molecule has 0 aromatic heterocycles. The smallest absolute Gasteiger partial charge is 0.120 e. The number of hydrogen-bond donors (Lipinski definition) is 2. The second-order valence-corrected chi connectivity index (χ2v) is 5.66. The highest BCUT2D eigenvalue weighted by Gasteiger charge is 2.14. The molecule has 0 amide bonds. The first-order valence-corrected chi connectivity index (χ1v) is 7.16. The third-order valence-electron chi connectivity index (χ3n) is 3.50. The fourth-order valence-electron chi connectivity index (χ4n) is 2.36. The van der Waals surface area contributed by atoms with Gasteiger partial charge in [0.15, 0.2) is 0 Å². The Morgan fingerprint density at radius 2 is 1.80 bits per heavy atom. The number of hydrogen-bond acceptors (Lipinski definition) is 2. The van der Waals surface area contributed by atoms with Gasteiger partial charge in [-0.15, -0.1) is 0 Å². The Labute approximate surface area is 125 Å². The molecule has 0 saturated heterocycles. The first kappa shape index (κ1) is 14.9. The summed E-state index contributed by atoms with van der Waals surface area (Å²) in [5.41, 5.74) is 3.19. The molecule has 0 fully saturated rings. The van der Waals surface area contributed by atoms with E-state index in [2.05, 4.69) is 19.2 Å². The highest BCUT2D eigenvalue weighted by atomic mass is 35.5. The van der Waals surface area contributed by atoms with Gasteiger partial charge in [-0.25, -0.2) is 0 Å². The predicted octanol–water partition coefficient (Wildman–Crippen LogP) is 4.77. The minimum Gasteiger partial charge on any atom is -0.508 e. The lowest BCUT2D eigenvalue weighted by Crippen LogP contribution is -2.22. The molecule has 2 N–H and O–H groups in total. The van der Waals surface area contributed by atoms with Crippen LogP contribution in [0.15, 0.2) is 42.5 Å². The molecule has 2 nitrogen and oxygen atoms in total. The number of halogens is 1. The van der Waals surface area contributed by atoms with Crippen LogP contribution in [0.25, 0.3) is 0 Å². The predicted molar refractivity (Wildman–Crippen MR) is 84.3 cm³/mol. The van der Waals surface area contributed by atoms with Crippen molar-refractivity contribution in [3.05, 3.63) is 64.2 Å². The highest BCUT2D eigenvalue weighted by Crippen LogP contribution is 2.27. The van der Waals surface area contributed by atoms with Gasteiger partial charge in [0.05, 0.1) is 0 Å². The van der Waals surface area contributed by atoms with Crippen LogP contribution in [-0.2, 0) is 0 Å². The fraction of sp³-hybridized carbons (Fsp3) is 0.294. The largest absolute Gasteiger partial charge is 0.508 e. The number of phenolic OH excluding ortho intramolecular Hbond substituents is 1. The molecule has 0 aliphatic carbocycles. The molecule has 0 bridgehead atoms. The molecule has 106 valence electrons. The van der Waals surface area contributed by atoms with Crippen molar-refractivity contribution in [3.63, 3.8) is 0 Å². The summed E-state index contributed by atoms with van der Waals surface area (Å²) in [7, 11) is 0. The normalized spacial score (nSPS) is 14.0. The Morgan fingerprint density at radius 3 is 2.50 bits per heavy atom. The van der Waals surface area contributed by atoms with Crippen molar-refractivity contribution >= 4 is 11.6 Å². The highest BCUT2D eigenvalue weighted by molar-refractivity contribution is 6.30. The van der Waals surface area contributed by atoms with E-state index in [1.807, 2.05) is 43.3 Å². The van der Waals surface area contributed by atoms with Crippen molar-refractivity contribution in [2.45, 2.75) is 32.9 Å². The third kappa shape index (κ3) is 3.53. The second-order valence-electron chi connectivity index (χ2n) is 5.23. The number of benzene rings is 2. The van der Waals surface area contributed by atoms with E-state index in [0.717, 1.165) is 21.7 Å². The summed E-state index contributed by atoms with van der Waals surface area (Å²) >= 11 is 6.02. The quantitative estimate of drug-likeness (QED) is 0.850. The van der Waals surface area contributed by atoms with Crippen molar-refractivity contribution < 1.29 is 5.11 Å². The summed E-state index contributed by atoms with van der Waals surface area (Å²) < 4.78 is 0. The molecule has 2 unspecified atom stereocenters. The monoisotopic (exact) mass is 289 g/mol. The lowest BCUT2D eigenvalue weighted by atomic mass is 10.0. The first-order chi connectivity index (χ1) is 9.47. The Kier molecular flexibility index (Phi) is 4.69. The van der Waals surface area contributed by atoms with Gasteiger partial charge in [-0.3, -0.25) is 0 Å². The SMILES string of the molecule is Cc1ccc(O)c(C(C)NC(C)c2cccc(Cl)c2)c1. The minimum absolute atomic E-state index is 0.0591. The van der Waals surface area contributed by atoms with E-state index < -0.39 is 0 Å². The molecule has 0 aliphatic heterocycles. The molecule has 0 radical (unpaired) electrons. The van der Waals surface area contributed by atoms with Crippen LogP contribution in [0.5, 0.6) is 5.75 Å². The van der Waals surface area contributed by atoms with Gasteiger partial charge in [-0.05, 0) is 44.5 Å². The van der Waals surface area contributed by atoms with Crippen molar-refractivity contribution in [2.24, 2.45) is 0 Å². The van der Waals surface area contributed by atoms with Crippen LogP contribution >= 0.6 is 11.6 Å². The number of aromatic hydroxyl groups is 1. The first-order valence-electron chi connectivity index (χ1n) is 6.78. The Bertz CT molecular complexity index is 597. The molecule has 0 heterocycles. The summed E-state index contributed by atoms with van der Waals surface area (Å²) in [6.07, 6.45) is 0. The van der Waals surface area contributed by atoms with Crippen molar-refractivity contribution in [2.75, 3.05) is 0 Å². The van der Waals surface area contributed by atoms with Crippen molar-refractivity contribution in [1.29, 1.82) is 0 Å². The molecule has 3 heteroatoms. The van der Waals surface area contributed by atoms with Crippen LogP contribution in [-0.4, -0.2) is 5.11 Å². The van der Waals surface area contributed by atoms with E-state index in [1.165, 1.54) is 0 Å². The van der Waals surface area contributed by atoms with Gasteiger partial charge < -0.3 is 10.4 Å². The van der Waals surface area contributed by atoms with E-state index in [0.29, 0.717) is 5.75 Å². The summed E-state index contributed by atoms with van der Waals surface area (Å²) in [5, 5.41) is 14.2. The molecule has 0 aliphatic rings. The van der Waals surface area contributed by atoms with Crippen LogP contribution < -0.4 is 5.32 Å². The number of rotatable bonds is 4. The molecule has 2 aromatic carbocycles. The lowest BCUT2D eigenvalue weighted by Gasteiger charge is -2.22. The Hall–Kier alpha value is -1.51. The minimum atomic E-state index is 0.0591. The maximum Gasteiger partial charge on any atom is 0.120 e. The molecule has 2 aromatic rings. The Balaban J connectivity index is 2.15. The van der Waals surface area contributed by atoms with E-state index in [4.69, 9.17) is 11.6 Å². The molecule has 2 atom stereocenters. The lowest BCUT2D eigenvalue weighted by molar-refractivity contribution is 0.438. The van der Waals surface area contributed by atoms with Crippen LogP contribution in [0.4, 0.5) is 0 Å². The third-order valence-corrected chi connectivity index (χ3v) is 3.73. The van der Waals surface area contributed by atoms with Gasteiger partial charge in [-0.1, -0.05) is 41.4 Å². The van der Waals surface area contributed by atoms with Crippen molar-refractivity contribution in [3.8, 4) is 5.75 Å². The van der Waals surface area contributed by atoms with E-state index in [9.17, 15) is 5.11 Å². The molecule has 0 spiro atoms. The zero-order chi connectivity index (χ0) is 14.7. The summed E-state index contributed by atoms with van der Waals surface area (Å²) in [6.45, 7) is 6.17. The van der Waals surface area contributed by atoms with Gasteiger partial charge in [0.1, 0.15) is 5.75 Å². The Morgan fingerprint density at radius 1 is 1.05 bits per heavy atom. The number of aryl methyl sites for hydroxylation is 1. The maximum atomic E-state index is 9.97. The zero-order valence-electron chi connectivity index (χ0n) is 12.0. The summed E-state index contributed by atoms with van der Waals surface area (Å²) in [5.74, 6) is 0.328. The maximum absolute atomic E-state index is 9.97. The van der Waals surface area contributed by atoms with Gasteiger partial charge in [0.25, 0.3) is 0 Å². The molecule has 2 rings (SSSR count). The summed E-state index contributed by atoms with van der Waals surface area (Å²) in [6, 6.07) is 13.7. The average molecular weight is 290 g/mol. The van der Waals surface area contributed by atoms with Crippen LogP contribution in [0.2, 0.25) is 5.02 Å². The van der Waals surface area contributed by atoms with Crippen molar-refractivity contribution in [1.82, 2.24) is 5.32 Å². The second kappa shape index (κ2) is 6.29. The van der Waals surface area contributed by atoms with E-state index >= 15 is 0 Å². The van der Waals surface area contributed by atoms with Gasteiger partial charge in [0.2, 0.25) is 0 Å². The molecule has 0 saturated carbocycles. The topological polar surface area (TPSA) is 32.3 Å². The van der Waals surface area contributed by atoms with E-state index in [1.54, 1.807) is 6.07 Å². The van der Waals surface area contributed by atoms with Gasteiger partial charge in [0, 0.05) is 22.7 Å². The molecule has 20 heavy (non-hydrogen) atoms.